The molecule has 1 fully saturated rings. The molecule has 1 atom stereocenters. The minimum Gasteiger partial charge on any atom is -0.303 e. The number of hydrogen-bond donors (Lipinski definition) is 0. The van der Waals surface area contributed by atoms with Crippen molar-refractivity contribution in [2.45, 2.75) is 25.7 Å². The molecule has 17 heavy (non-hydrogen) atoms. The number of halogens is 1. The third-order valence-electron chi connectivity index (χ3n) is 3.67. The molecule has 1 nitrogen and oxygen atoms in total. The van der Waals surface area contributed by atoms with Crippen LogP contribution < -0.4 is 0 Å². The van der Waals surface area contributed by atoms with E-state index in [1.54, 1.807) is 0 Å². The Bertz CT molecular complexity index is 312. The summed E-state index contributed by atoms with van der Waals surface area (Å²) in [4.78, 5) is 2.60. The van der Waals surface area contributed by atoms with Crippen LogP contribution in [0.2, 0.25) is 0 Å². The van der Waals surface area contributed by atoms with E-state index in [2.05, 4.69) is 35.2 Å². The van der Waals surface area contributed by atoms with E-state index in [4.69, 9.17) is 11.6 Å². The molecule has 1 aromatic carbocycles. The predicted molar refractivity (Wildman–Crippen MR) is 74.6 cm³/mol. The molecule has 1 heterocycles. The first-order valence-corrected chi connectivity index (χ1v) is 7.24. The molecule has 0 aliphatic carbocycles. The van der Waals surface area contributed by atoms with Gasteiger partial charge >= 0.3 is 0 Å². The second kappa shape index (κ2) is 7.03. The van der Waals surface area contributed by atoms with Crippen molar-refractivity contribution < 1.29 is 0 Å². The molecule has 2 rings (SSSR count). The van der Waals surface area contributed by atoms with Crippen molar-refractivity contribution in [2.24, 2.45) is 5.92 Å². The summed E-state index contributed by atoms with van der Waals surface area (Å²) >= 11 is 5.80. The molecule has 0 N–H and O–H groups in total. The van der Waals surface area contributed by atoms with Crippen molar-refractivity contribution in [1.29, 1.82) is 0 Å². The maximum atomic E-state index is 5.80. The van der Waals surface area contributed by atoms with Crippen molar-refractivity contribution in [3.05, 3.63) is 35.9 Å². The number of rotatable bonds is 6. The van der Waals surface area contributed by atoms with Crippen LogP contribution in [0.4, 0.5) is 0 Å². The largest absolute Gasteiger partial charge is 0.303 e. The van der Waals surface area contributed by atoms with E-state index >= 15 is 0 Å². The first kappa shape index (κ1) is 12.9. The average molecular weight is 252 g/mol. The van der Waals surface area contributed by atoms with E-state index in [-0.39, 0.29) is 0 Å². The SMILES string of the molecule is ClCCC1CCN(CCCc2ccccc2)C1. The van der Waals surface area contributed by atoms with Crippen LogP contribution in [-0.2, 0) is 6.42 Å². The smallest absolute Gasteiger partial charge is 0.0226 e. The number of benzene rings is 1. The minimum atomic E-state index is 0.822. The monoisotopic (exact) mass is 251 g/mol. The quantitative estimate of drug-likeness (QED) is 0.699. The van der Waals surface area contributed by atoms with Crippen LogP contribution in [0.1, 0.15) is 24.8 Å². The molecule has 2 heteroatoms. The van der Waals surface area contributed by atoms with E-state index in [1.165, 1.54) is 50.9 Å². The van der Waals surface area contributed by atoms with Gasteiger partial charge in [-0.2, -0.15) is 0 Å². The molecule has 1 aromatic rings. The Morgan fingerprint density at radius 2 is 2.06 bits per heavy atom. The van der Waals surface area contributed by atoms with Crippen molar-refractivity contribution >= 4 is 11.6 Å². The molecule has 0 spiro atoms. The van der Waals surface area contributed by atoms with Gasteiger partial charge < -0.3 is 4.90 Å². The Morgan fingerprint density at radius 1 is 1.24 bits per heavy atom. The maximum Gasteiger partial charge on any atom is 0.0226 e. The van der Waals surface area contributed by atoms with Gasteiger partial charge in [0.2, 0.25) is 0 Å². The lowest BCUT2D eigenvalue weighted by molar-refractivity contribution is 0.318. The van der Waals surface area contributed by atoms with Gasteiger partial charge in [0.05, 0.1) is 0 Å². The number of aryl methyl sites for hydroxylation is 1. The first-order valence-electron chi connectivity index (χ1n) is 6.70. The van der Waals surface area contributed by atoms with Crippen LogP contribution in [-0.4, -0.2) is 30.4 Å². The molecule has 0 saturated carbocycles. The molecule has 1 aliphatic rings. The summed E-state index contributed by atoms with van der Waals surface area (Å²) in [5, 5.41) is 0. The Labute approximate surface area is 110 Å². The summed E-state index contributed by atoms with van der Waals surface area (Å²) in [5.41, 5.74) is 1.46. The molecule has 0 radical (unpaired) electrons. The lowest BCUT2D eigenvalue weighted by atomic mass is 10.1. The van der Waals surface area contributed by atoms with Crippen LogP contribution in [0.15, 0.2) is 30.3 Å². The molecular weight excluding hydrogens is 230 g/mol. The predicted octanol–water partition coefficient (Wildman–Crippen LogP) is 3.57. The van der Waals surface area contributed by atoms with Crippen molar-refractivity contribution in [2.75, 3.05) is 25.5 Å². The van der Waals surface area contributed by atoms with Gasteiger partial charge in [-0.25, -0.2) is 0 Å². The number of likely N-dealkylation sites (tertiary alicyclic amines) is 1. The third-order valence-corrected chi connectivity index (χ3v) is 3.89. The lowest BCUT2D eigenvalue weighted by Gasteiger charge is -2.15. The van der Waals surface area contributed by atoms with Gasteiger partial charge in [-0.3, -0.25) is 0 Å². The van der Waals surface area contributed by atoms with Crippen LogP contribution >= 0.6 is 11.6 Å². The fraction of sp³-hybridized carbons (Fsp3) is 0.600. The summed E-state index contributed by atoms with van der Waals surface area (Å²) in [7, 11) is 0. The molecule has 1 aliphatic heterocycles. The zero-order valence-corrected chi connectivity index (χ0v) is 11.2. The Morgan fingerprint density at radius 3 is 2.82 bits per heavy atom. The number of nitrogens with zero attached hydrogens (tertiary/aromatic N) is 1. The normalized spacial score (nSPS) is 20.9. The summed E-state index contributed by atoms with van der Waals surface area (Å²) < 4.78 is 0. The molecule has 1 unspecified atom stereocenters. The molecule has 0 amide bonds. The zero-order valence-electron chi connectivity index (χ0n) is 10.4. The summed E-state index contributed by atoms with van der Waals surface area (Å²) in [6.07, 6.45) is 5.02. The van der Waals surface area contributed by atoms with Gasteiger partial charge in [0.1, 0.15) is 0 Å². The average Bonchev–Trinajstić information content (AvgIpc) is 2.79. The van der Waals surface area contributed by atoms with Gasteiger partial charge in [0, 0.05) is 12.4 Å². The summed E-state index contributed by atoms with van der Waals surface area (Å²) in [6, 6.07) is 10.8. The zero-order chi connectivity index (χ0) is 11.9. The van der Waals surface area contributed by atoms with Gasteiger partial charge in [-0.05, 0) is 50.3 Å². The van der Waals surface area contributed by atoms with Crippen LogP contribution in [0.25, 0.3) is 0 Å². The lowest BCUT2D eigenvalue weighted by Crippen LogP contribution is -2.22. The highest BCUT2D eigenvalue weighted by Crippen LogP contribution is 2.20. The van der Waals surface area contributed by atoms with Gasteiger partial charge in [0.15, 0.2) is 0 Å². The van der Waals surface area contributed by atoms with Crippen molar-refractivity contribution in [1.82, 2.24) is 4.90 Å². The van der Waals surface area contributed by atoms with E-state index in [1.807, 2.05) is 0 Å². The second-order valence-corrected chi connectivity index (χ2v) is 5.40. The highest BCUT2D eigenvalue weighted by Gasteiger charge is 2.20. The highest BCUT2D eigenvalue weighted by atomic mass is 35.5. The van der Waals surface area contributed by atoms with E-state index < -0.39 is 0 Å². The standard InChI is InChI=1S/C15H22ClN/c16-10-8-15-9-12-17(13-15)11-4-7-14-5-2-1-3-6-14/h1-3,5-6,15H,4,7-13H2. The molecular formula is C15H22ClN. The Hall–Kier alpha value is -0.530. The van der Waals surface area contributed by atoms with Crippen LogP contribution in [0.5, 0.6) is 0 Å². The molecule has 94 valence electrons. The first-order chi connectivity index (χ1) is 8.38. The highest BCUT2D eigenvalue weighted by molar-refractivity contribution is 6.17. The second-order valence-electron chi connectivity index (χ2n) is 5.02. The number of alkyl halides is 1. The van der Waals surface area contributed by atoms with Gasteiger partial charge in [-0.1, -0.05) is 30.3 Å². The van der Waals surface area contributed by atoms with Crippen LogP contribution in [0.3, 0.4) is 0 Å². The Balaban J connectivity index is 1.63. The fourth-order valence-corrected chi connectivity index (χ4v) is 2.97. The van der Waals surface area contributed by atoms with E-state index in [0.717, 1.165) is 11.8 Å². The van der Waals surface area contributed by atoms with E-state index in [9.17, 15) is 0 Å². The fourth-order valence-electron chi connectivity index (χ4n) is 2.66. The van der Waals surface area contributed by atoms with Crippen molar-refractivity contribution in [3.63, 3.8) is 0 Å². The summed E-state index contributed by atoms with van der Waals surface area (Å²) in [6.45, 7) is 3.78. The molecule has 0 aromatic heterocycles. The van der Waals surface area contributed by atoms with Gasteiger partial charge in [0.25, 0.3) is 0 Å². The minimum absolute atomic E-state index is 0.822. The summed E-state index contributed by atoms with van der Waals surface area (Å²) in [5.74, 6) is 1.67. The molecule has 1 saturated heterocycles. The van der Waals surface area contributed by atoms with Crippen LogP contribution in [0, 0.1) is 5.92 Å². The number of hydrogen-bond acceptors (Lipinski definition) is 1. The van der Waals surface area contributed by atoms with Crippen molar-refractivity contribution in [3.8, 4) is 0 Å². The Kier molecular flexibility index (Phi) is 5.34. The topological polar surface area (TPSA) is 3.24 Å². The third kappa shape index (κ3) is 4.33. The maximum absolute atomic E-state index is 5.80. The molecule has 0 bridgehead atoms. The van der Waals surface area contributed by atoms with Gasteiger partial charge in [-0.15, -0.1) is 11.6 Å². The van der Waals surface area contributed by atoms with E-state index in [0.29, 0.717) is 0 Å².